The molecule has 0 unspecified atom stereocenters. The minimum Gasteiger partial charge on any atom is -0.0990 e. The number of rotatable bonds is 4. The Labute approximate surface area is 101 Å². The van der Waals surface area contributed by atoms with Crippen LogP contribution in [0.1, 0.15) is 59.3 Å². The summed E-state index contributed by atoms with van der Waals surface area (Å²) in [6.45, 7) is 11.3. The van der Waals surface area contributed by atoms with E-state index in [1.54, 1.807) is 5.57 Å². The quantitative estimate of drug-likeness (QED) is 0.575. The summed E-state index contributed by atoms with van der Waals surface area (Å²) in [7, 11) is 0. The molecule has 2 saturated carbocycles. The Hall–Kier alpha value is -0.520. The fourth-order valence-electron chi connectivity index (χ4n) is 3.73. The van der Waals surface area contributed by atoms with Gasteiger partial charge in [0.2, 0.25) is 0 Å². The molecule has 2 rings (SSSR count). The summed E-state index contributed by atoms with van der Waals surface area (Å²) in [4.78, 5) is 0. The van der Waals surface area contributed by atoms with Crippen molar-refractivity contribution in [2.24, 2.45) is 17.3 Å². The molecule has 0 heteroatoms. The van der Waals surface area contributed by atoms with Crippen LogP contribution >= 0.6 is 0 Å². The van der Waals surface area contributed by atoms with Crippen molar-refractivity contribution in [3.05, 3.63) is 23.8 Å². The highest BCUT2D eigenvalue weighted by atomic mass is 14.5. The molecule has 90 valence electrons. The van der Waals surface area contributed by atoms with Crippen molar-refractivity contribution in [3.63, 3.8) is 0 Å². The van der Waals surface area contributed by atoms with Crippen LogP contribution in [0.25, 0.3) is 0 Å². The highest BCUT2D eigenvalue weighted by Gasteiger charge is 2.49. The first-order valence-corrected chi connectivity index (χ1v) is 6.93. The van der Waals surface area contributed by atoms with Crippen molar-refractivity contribution in [1.82, 2.24) is 0 Å². The number of hydrogen-bond donors (Lipinski definition) is 0. The predicted molar refractivity (Wildman–Crippen MR) is 71.4 cm³/mol. The largest absolute Gasteiger partial charge is 0.0990 e. The maximum atomic E-state index is 4.39. The van der Waals surface area contributed by atoms with Crippen LogP contribution in [0.5, 0.6) is 0 Å². The second-order valence-corrected chi connectivity index (χ2v) is 6.09. The Morgan fingerprint density at radius 1 is 1.50 bits per heavy atom. The third kappa shape index (κ3) is 1.87. The minimum atomic E-state index is 0.466. The summed E-state index contributed by atoms with van der Waals surface area (Å²) in [5, 5.41) is 0. The van der Waals surface area contributed by atoms with Gasteiger partial charge in [0.15, 0.2) is 0 Å². The molecule has 0 aromatic heterocycles. The first-order chi connectivity index (χ1) is 7.58. The van der Waals surface area contributed by atoms with Gasteiger partial charge in [-0.1, -0.05) is 37.6 Å². The number of hydrogen-bond acceptors (Lipinski definition) is 0. The van der Waals surface area contributed by atoms with Gasteiger partial charge in [-0.25, -0.2) is 0 Å². The van der Waals surface area contributed by atoms with E-state index in [2.05, 4.69) is 33.4 Å². The molecule has 0 aromatic rings. The summed E-state index contributed by atoms with van der Waals surface area (Å²) in [6, 6.07) is 0. The van der Waals surface area contributed by atoms with Gasteiger partial charge in [-0.15, -0.1) is 0 Å². The maximum Gasteiger partial charge on any atom is -0.00849 e. The molecular formula is C16H26. The van der Waals surface area contributed by atoms with Crippen LogP contribution in [0.3, 0.4) is 0 Å². The Balaban J connectivity index is 1.96. The van der Waals surface area contributed by atoms with Crippen LogP contribution in [0.15, 0.2) is 23.8 Å². The molecule has 0 amide bonds. The zero-order valence-electron chi connectivity index (χ0n) is 11.2. The Kier molecular flexibility index (Phi) is 3.28. The Morgan fingerprint density at radius 3 is 2.81 bits per heavy atom. The van der Waals surface area contributed by atoms with Crippen LogP contribution in [0.2, 0.25) is 0 Å². The summed E-state index contributed by atoms with van der Waals surface area (Å²) in [5.74, 6) is 1.81. The molecule has 3 atom stereocenters. The van der Waals surface area contributed by atoms with Crippen molar-refractivity contribution in [3.8, 4) is 0 Å². The van der Waals surface area contributed by atoms with Crippen LogP contribution in [-0.4, -0.2) is 0 Å². The van der Waals surface area contributed by atoms with E-state index in [1.807, 2.05) is 0 Å². The molecule has 2 aliphatic rings. The van der Waals surface area contributed by atoms with Crippen LogP contribution in [0.4, 0.5) is 0 Å². The third-order valence-corrected chi connectivity index (χ3v) is 5.27. The minimum absolute atomic E-state index is 0.466. The molecule has 16 heavy (non-hydrogen) atoms. The van der Waals surface area contributed by atoms with E-state index in [-0.39, 0.29) is 0 Å². The number of fused-ring (bicyclic) bond motifs is 2. The number of allylic oxidation sites excluding steroid dienone is 3. The van der Waals surface area contributed by atoms with Gasteiger partial charge in [-0.05, 0) is 62.7 Å². The van der Waals surface area contributed by atoms with E-state index in [9.17, 15) is 0 Å². The second-order valence-electron chi connectivity index (χ2n) is 6.09. The predicted octanol–water partition coefficient (Wildman–Crippen LogP) is 5.12. The standard InChI is InChI=1S/C16H26/c1-5-12(2)7-6-10-16(4)13(3)14-8-9-15(16)11-14/h7,14-15H,3,5-6,8-11H2,1-2,4H3/b12-7-/t14-,15+,16-/m0/s1. The lowest BCUT2D eigenvalue weighted by atomic mass is 9.69. The molecule has 0 spiro atoms. The molecule has 0 nitrogen and oxygen atoms in total. The zero-order chi connectivity index (χ0) is 11.8. The van der Waals surface area contributed by atoms with E-state index >= 15 is 0 Å². The van der Waals surface area contributed by atoms with Gasteiger partial charge in [0.1, 0.15) is 0 Å². The lowest BCUT2D eigenvalue weighted by Gasteiger charge is -2.36. The summed E-state index contributed by atoms with van der Waals surface area (Å²) >= 11 is 0. The van der Waals surface area contributed by atoms with Gasteiger partial charge in [-0.3, -0.25) is 0 Å². The van der Waals surface area contributed by atoms with Crippen molar-refractivity contribution < 1.29 is 0 Å². The monoisotopic (exact) mass is 218 g/mol. The van der Waals surface area contributed by atoms with E-state index in [4.69, 9.17) is 0 Å². The molecule has 0 saturated heterocycles. The van der Waals surface area contributed by atoms with Gasteiger partial charge in [0.25, 0.3) is 0 Å². The Bertz CT molecular complexity index is 310. The van der Waals surface area contributed by atoms with Crippen molar-refractivity contribution in [1.29, 1.82) is 0 Å². The highest BCUT2D eigenvalue weighted by Crippen LogP contribution is 2.60. The average Bonchev–Trinajstić information content (AvgIpc) is 2.83. The van der Waals surface area contributed by atoms with Gasteiger partial charge in [-0.2, -0.15) is 0 Å². The molecule has 0 aliphatic heterocycles. The fourth-order valence-corrected chi connectivity index (χ4v) is 3.73. The smallest absolute Gasteiger partial charge is 0.00849 e. The fraction of sp³-hybridized carbons (Fsp3) is 0.750. The van der Waals surface area contributed by atoms with Crippen molar-refractivity contribution >= 4 is 0 Å². The highest BCUT2D eigenvalue weighted by molar-refractivity contribution is 5.24. The van der Waals surface area contributed by atoms with Gasteiger partial charge in [0.05, 0.1) is 0 Å². The third-order valence-electron chi connectivity index (χ3n) is 5.27. The molecule has 0 aromatic carbocycles. The van der Waals surface area contributed by atoms with Gasteiger partial charge >= 0.3 is 0 Å². The zero-order valence-corrected chi connectivity index (χ0v) is 11.2. The van der Waals surface area contributed by atoms with Crippen molar-refractivity contribution in [2.45, 2.75) is 59.3 Å². The topological polar surface area (TPSA) is 0 Å². The normalized spacial score (nSPS) is 38.4. The Morgan fingerprint density at radius 2 is 2.25 bits per heavy atom. The second kappa shape index (κ2) is 4.39. The van der Waals surface area contributed by atoms with E-state index in [0.717, 1.165) is 11.8 Å². The van der Waals surface area contributed by atoms with E-state index < -0.39 is 0 Å². The lowest BCUT2D eigenvalue weighted by Crippen LogP contribution is -2.25. The first kappa shape index (κ1) is 12.0. The molecule has 0 radical (unpaired) electrons. The van der Waals surface area contributed by atoms with E-state index in [1.165, 1.54) is 44.1 Å². The molecule has 2 bridgehead atoms. The van der Waals surface area contributed by atoms with Crippen LogP contribution in [0, 0.1) is 17.3 Å². The van der Waals surface area contributed by atoms with Crippen molar-refractivity contribution in [2.75, 3.05) is 0 Å². The molecule has 0 N–H and O–H groups in total. The summed E-state index contributed by atoms with van der Waals surface area (Å²) < 4.78 is 0. The lowest BCUT2D eigenvalue weighted by molar-refractivity contribution is 0.241. The average molecular weight is 218 g/mol. The van der Waals surface area contributed by atoms with Crippen LogP contribution < -0.4 is 0 Å². The molecule has 2 aliphatic carbocycles. The molecule has 2 fully saturated rings. The maximum absolute atomic E-state index is 4.39. The van der Waals surface area contributed by atoms with Crippen LogP contribution in [-0.2, 0) is 0 Å². The molecular weight excluding hydrogens is 192 g/mol. The van der Waals surface area contributed by atoms with Gasteiger partial charge in [0, 0.05) is 0 Å². The summed E-state index contributed by atoms with van der Waals surface area (Å²) in [6.07, 6.45) is 10.5. The summed E-state index contributed by atoms with van der Waals surface area (Å²) in [5.41, 5.74) is 3.58. The SMILES string of the molecule is C=C1[C@H]2CC[C@H](C2)[C@@]1(C)CC/C=C(/C)CC. The van der Waals surface area contributed by atoms with Gasteiger partial charge < -0.3 is 0 Å². The molecule has 0 heterocycles. The first-order valence-electron chi connectivity index (χ1n) is 6.93. The van der Waals surface area contributed by atoms with E-state index in [0.29, 0.717) is 5.41 Å².